The number of para-hydroxylation sites is 1. The number of phenolic OH excluding ortho intramolecular Hbond substituents is 1. The molecular formula is C20H23N5O2S. The van der Waals surface area contributed by atoms with Gasteiger partial charge in [0, 0.05) is 5.69 Å². The van der Waals surface area contributed by atoms with Crippen molar-refractivity contribution < 1.29 is 9.90 Å². The number of hydrogen-bond acceptors (Lipinski definition) is 6. The third-order valence-corrected chi connectivity index (χ3v) is 5.58. The topological polar surface area (TPSA) is 92.9 Å². The second kappa shape index (κ2) is 8.88. The minimum absolute atomic E-state index is 0.110. The summed E-state index contributed by atoms with van der Waals surface area (Å²) in [6.07, 6.45) is 0.999. The van der Waals surface area contributed by atoms with E-state index in [-0.39, 0.29) is 11.7 Å². The zero-order valence-electron chi connectivity index (χ0n) is 16.0. The smallest absolute Gasteiger partial charge is 0.237 e. The van der Waals surface area contributed by atoms with Gasteiger partial charge in [0.25, 0.3) is 0 Å². The first-order valence-electron chi connectivity index (χ1n) is 9.13. The predicted octanol–water partition coefficient (Wildman–Crippen LogP) is 4.00. The molecule has 0 bridgehead atoms. The van der Waals surface area contributed by atoms with Crippen LogP contribution in [0.4, 0.5) is 5.69 Å². The summed E-state index contributed by atoms with van der Waals surface area (Å²) < 4.78 is 1.54. The Bertz CT molecular complexity index is 942. The van der Waals surface area contributed by atoms with Crippen molar-refractivity contribution in [3.8, 4) is 11.4 Å². The van der Waals surface area contributed by atoms with Crippen LogP contribution in [0.1, 0.15) is 38.7 Å². The maximum atomic E-state index is 12.8. The van der Waals surface area contributed by atoms with Gasteiger partial charge in [0.1, 0.15) is 5.75 Å². The second-order valence-corrected chi connectivity index (χ2v) is 7.84. The van der Waals surface area contributed by atoms with Crippen LogP contribution in [0.5, 0.6) is 5.75 Å². The zero-order valence-corrected chi connectivity index (χ0v) is 16.8. The number of rotatable bonds is 7. The van der Waals surface area contributed by atoms with Gasteiger partial charge in [-0.2, -0.15) is 4.68 Å². The number of carbonyl (C=O) groups is 1. The van der Waals surface area contributed by atoms with Gasteiger partial charge in [-0.1, -0.05) is 43.8 Å². The van der Waals surface area contributed by atoms with E-state index >= 15 is 0 Å². The average Bonchev–Trinajstić information content (AvgIpc) is 3.16. The van der Waals surface area contributed by atoms with Gasteiger partial charge in [-0.3, -0.25) is 4.79 Å². The molecule has 2 aromatic carbocycles. The monoisotopic (exact) mass is 397 g/mol. The average molecular weight is 398 g/mol. The van der Waals surface area contributed by atoms with Crippen molar-refractivity contribution in [2.75, 3.05) is 5.32 Å². The van der Waals surface area contributed by atoms with Crippen LogP contribution in [0.2, 0.25) is 0 Å². The van der Waals surface area contributed by atoms with Crippen LogP contribution >= 0.6 is 11.8 Å². The predicted molar refractivity (Wildman–Crippen MR) is 110 cm³/mol. The molecule has 2 atom stereocenters. The Morgan fingerprint density at radius 3 is 2.61 bits per heavy atom. The van der Waals surface area contributed by atoms with Crippen molar-refractivity contribution in [3.63, 3.8) is 0 Å². The van der Waals surface area contributed by atoms with Gasteiger partial charge < -0.3 is 10.4 Å². The molecule has 0 saturated heterocycles. The number of phenols is 1. The molecule has 0 fully saturated rings. The Kier molecular flexibility index (Phi) is 6.30. The van der Waals surface area contributed by atoms with Gasteiger partial charge in [0.15, 0.2) is 0 Å². The Morgan fingerprint density at radius 2 is 1.89 bits per heavy atom. The standard InChI is InChI=1S/C20H23N5O2S/c1-4-13(2)17-7-5-6-8-18(17)21-19(27)14(3)28-20-22-23-24-25(20)15-9-11-16(26)12-10-15/h5-14,26H,4H2,1-3H3,(H,21,27)/t13-,14-/m1/s1. The van der Waals surface area contributed by atoms with Crippen molar-refractivity contribution >= 4 is 23.4 Å². The molecule has 2 N–H and O–H groups in total. The summed E-state index contributed by atoms with van der Waals surface area (Å²) in [5, 5.41) is 24.3. The summed E-state index contributed by atoms with van der Waals surface area (Å²) in [7, 11) is 0. The fourth-order valence-electron chi connectivity index (χ4n) is 2.71. The zero-order chi connectivity index (χ0) is 20.1. The normalized spacial score (nSPS) is 13.1. The number of tetrazole rings is 1. The molecule has 146 valence electrons. The van der Waals surface area contributed by atoms with Crippen molar-refractivity contribution in [2.24, 2.45) is 0 Å². The molecular weight excluding hydrogens is 374 g/mol. The lowest BCUT2D eigenvalue weighted by atomic mass is 9.97. The Labute approximate surface area is 168 Å². The molecule has 3 rings (SSSR count). The van der Waals surface area contributed by atoms with Gasteiger partial charge in [-0.05, 0) is 65.6 Å². The SMILES string of the molecule is CC[C@@H](C)c1ccccc1NC(=O)[C@@H](C)Sc1nnnn1-c1ccc(O)cc1. The molecule has 28 heavy (non-hydrogen) atoms. The molecule has 1 aromatic heterocycles. The van der Waals surface area contributed by atoms with E-state index < -0.39 is 5.25 Å². The van der Waals surface area contributed by atoms with Crippen LogP contribution in [0, 0.1) is 0 Å². The number of thioether (sulfide) groups is 1. The molecule has 0 unspecified atom stereocenters. The third-order valence-electron chi connectivity index (χ3n) is 4.55. The van der Waals surface area contributed by atoms with E-state index in [0.717, 1.165) is 17.7 Å². The molecule has 8 heteroatoms. The number of carbonyl (C=O) groups excluding carboxylic acids is 1. The van der Waals surface area contributed by atoms with Crippen molar-refractivity contribution in [1.29, 1.82) is 0 Å². The highest BCUT2D eigenvalue weighted by Crippen LogP contribution is 2.28. The first-order valence-corrected chi connectivity index (χ1v) is 10.0. The molecule has 1 heterocycles. The first-order chi connectivity index (χ1) is 13.5. The number of nitrogens with one attached hydrogen (secondary N) is 1. The highest BCUT2D eigenvalue weighted by molar-refractivity contribution is 8.00. The summed E-state index contributed by atoms with van der Waals surface area (Å²) >= 11 is 1.28. The van der Waals surface area contributed by atoms with Crippen LogP contribution in [-0.4, -0.2) is 36.5 Å². The van der Waals surface area contributed by atoms with E-state index in [2.05, 4.69) is 34.7 Å². The van der Waals surface area contributed by atoms with E-state index in [0.29, 0.717) is 16.8 Å². The van der Waals surface area contributed by atoms with Gasteiger partial charge in [0.05, 0.1) is 10.9 Å². The first kappa shape index (κ1) is 19.9. The van der Waals surface area contributed by atoms with Crippen LogP contribution in [0.25, 0.3) is 5.69 Å². The number of benzene rings is 2. The lowest BCUT2D eigenvalue weighted by Gasteiger charge is -2.17. The molecule has 0 saturated carbocycles. The van der Waals surface area contributed by atoms with E-state index in [1.807, 2.05) is 31.2 Å². The summed E-state index contributed by atoms with van der Waals surface area (Å²) in [4.78, 5) is 12.8. The van der Waals surface area contributed by atoms with Crippen LogP contribution < -0.4 is 5.32 Å². The number of hydrogen-bond donors (Lipinski definition) is 2. The summed E-state index contributed by atoms with van der Waals surface area (Å²) in [5.74, 6) is 0.418. The van der Waals surface area contributed by atoms with Crippen molar-refractivity contribution in [1.82, 2.24) is 20.2 Å². The molecule has 3 aromatic rings. The van der Waals surface area contributed by atoms with Gasteiger partial charge in [0.2, 0.25) is 11.1 Å². The summed E-state index contributed by atoms with van der Waals surface area (Å²) in [6.45, 7) is 6.10. The summed E-state index contributed by atoms with van der Waals surface area (Å²) in [6, 6.07) is 14.4. The second-order valence-electron chi connectivity index (χ2n) is 6.54. The molecule has 0 spiro atoms. The minimum atomic E-state index is -0.396. The molecule has 1 amide bonds. The van der Waals surface area contributed by atoms with E-state index in [1.54, 1.807) is 28.9 Å². The van der Waals surface area contributed by atoms with E-state index in [1.165, 1.54) is 11.8 Å². The Hall–Kier alpha value is -2.87. The quantitative estimate of drug-likeness (QED) is 0.585. The third kappa shape index (κ3) is 4.51. The largest absolute Gasteiger partial charge is 0.508 e. The molecule has 0 aliphatic heterocycles. The number of amides is 1. The Balaban J connectivity index is 1.73. The van der Waals surface area contributed by atoms with Crippen molar-refractivity contribution in [2.45, 2.75) is 43.5 Å². The summed E-state index contributed by atoms with van der Waals surface area (Å²) in [5.41, 5.74) is 2.68. The van der Waals surface area contributed by atoms with Crippen LogP contribution in [-0.2, 0) is 4.79 Å². The minimum Gasteiger partial charge on any atom is -0.508 e. The van der Waals surface area contributed by atoms with Crippen LogP contribution in [0.3, 0.4) is 0 Å². The number of aromatic nitrogens is 4. The fourth-order valence-corrected chi connectivity index (χ4v) is 3.52. The van der Waals surface area contributed by atoms with Gasteiger partial charge in [-0.25, -0.2) is 0 Å². The molecule has 0 aliphatic carbocycles. The molecule has 0 aliphatic rings. The van der Waals surface area contributed by atoms with Crippen molar-refractivity contribution in [3.05, 3.63) is 54.1 Å². The maximum Gasteiger partial charge on any atom is 0.237 e. The van der Waals surface area contributed by atoms with Gasteiger partial charge in [-0.15, -0.1) is 5.10 Å². The fraction of sp³-hybridized carbons (Fsp3) is 0.300. The number of nitrogens with zero attached hydrogens (tertiary/aromatic N) is 4. The van der Waals surface area contributed by atoms with E-state index in [4.69, 9.17) is 0 Å². The molecule has 7 nitrogen and oxygen atoms in total. The molecule has 0 radical (unpaired) electrons. The van der Waals surface area contributed by atoms with Crippen LogP contribution in [0.15, 0.2) is 53.7 Å². The lowest BCUT2D eigenvalue weighted by molar-refractivity contribution is -0.115. The van der Waals surface area contributed by atoms with Gasteiger partial charge >= 0.3 is 0 Å². The maximum absolute atomic E-state index is 12.8. The number of aromatic hydroxyl groups is 1. The van der Waals surface area contributed by atoms with E-state index in [9.17, 15) is 9.90 Å². The highest BCUT2D eigenvalue weighted by Gasteiger charge is 2.20. The number of anilines is 1. The lowest BCUT2D eigenvalue weighted by Crippen LogP contribution is -2.23. The Morgan fingerprint density at radius 1 is 1.18 bits per heavy atom. The highest BCUT2D eigenvalue weighted by atomic mass is 32.2.